The highest BCUT2D eigenvalue weighted by Gasteiger charge is 2.19. The van der Waals surface area contributed by atoms with E-state index >= 15 is 0 Å². The van der Waals surface area contributed by atoms with Gasteiger partial charge in [-0.25, -0.2) is 0 Å². The molecular formula is C16H22O5. The predicted molar refractivity (Wildman–Crippen MR) is 78.0 cm³/mol. The Morgan fingerprint density at radius 2 is 2.33 bits per heavy atom. The number of carbonyl (C=O) groups is 1. The summed E-state index contributed by atoms with van der Waals surface area (Å²) in [4.78, 5) is 10.6. The predicted octanol–water partition coefficient (Wildman–Crippen LogP) is 2.66. The van der Waals surface area contributed by atoms with E-state index in [1.807, 2.05) is 18.2 Å². The molecule has 116 valence electrons. The van der Waals surface area contributed by atoms with Crippen LogP contribution in [0.2, 0.25) is 0 Å². The molecule has 21 heavy (non-hydrogen) atoms. The van der Waals surface area contributed by atoms with Crippen molar-refractivity contribution in [3.05, 3.63) is 23.8 Å². The Balaban J connectivity index is 2.09. The molecule has 1 unspecified atom stereocenters. The van der Waals surface area contributed by atoms with Gasteiger partial charge in [-0.2, -0.15) is 0 Å². The minimum atomic E-state index is -0.777. The second-order valence-electron chi connectivity index (χ2n) is 5.15. The fourth-order valence-electron chi connectivity index (χ4n) is 2.45. The molecule has 0 bridgehead atoms. The second kappa shape index (κ2) is 7.88. The Bertz CT molecular complexity index is 466. The van der Waals surface area contributed by atoms with Crippen LogP contribution in [0.5, 0.6) is 11.5 Å². The van der Waals surface area contributed by atoms with Crippen molar-refractivity contribution in [1.29, 1.82) is 0 Å². The van der Waals surface area contributed by atoms with Crippen LogP contribution in [0, 0.1) is 0 Å². The van der Waals surface area contributed by atoms with E-state index in [9.17, 15) is 4.79 Å². The van der Waals surface area contributed by atoms with E-state index in [4.69, 9.17) is 19.3 Å². The van der Waals surface area contributed by atoms with Crippen molar-refractivity contribution in [2.45, 2.75) is 38.2 Å². The maximum absolute atomic E-state index is 10.6. The first-order chi connectivity index (χ1) is 10.2. The third kappa shape index (κ3) is 4.63. The lowest BCUT2D eigenvalue weighted by atomic mass is 10.1. The third-order valence-corrected chi connectivity index (χ3v) is 3.52. The zero-order chi connectivity index (χ0) is 15.1. The lowest BCUT2D eigenvalue weighted by molar-refractivity contribution is -0.137. The maximum Gasteiger partial charge on any atom is 0.303 e. The standard InChI is InChI=1S/C16H22O5/c1-19-14-8-2-5-12(6-3-9-15(17)18)16(14)21-13-7-4-10-20-11-13/h2,5,8,13H,3-4,6-7,9-11H2,1H3,(H,17,18). The summed E-state index contributed by atoms with van der Waals surface area (Å²) in [5.41, 5.74) is 0.987. The van der Waals surface area contributed by atoms with E-state index in [2.05, 4.69) is 0 Å². The quantitative estimate of drug-likeness (QED) is 0.837. The van der Waals surface area contributed by atoms with E-state index in [1.54, 1.807) is 7.11 Å². The molecule has 0 saturated carbocycles. The summed E-state index contributed by atoms with van der Waals surface area (Å²) in [6.45, 7) is 1.38. The van der Waals surface area contributed by atoms with E-state index in [-0.39, 0.29) is 12.5 Å². The van der Waals surface area contributed by atoms with Crippen molar-refractivity contribution in [3.8, 4) is 11.5 Å². The van der Waals surface area contributed by atoms with Crippen molar-refractivity contribution in [2.24, 2.45) is 0 Å². The number of carboxylic acid groups (broad SMARTS) is 1. The lowest BCUT2D eigenvalue weighted by Gasteiger charge is -2.25. The largest absolute Gasteiger partial charge is 0.493 e. The van der Waals surface area contributed by atoms with Gasteiger partial charge in [-0.3, -0.25) is 4.79 Å². The molecule has 1 N–H and O–H groups in total. The first-order valence-electron chi connectivity index (χ1n) is 7.32. The van der Waals surface area contributed by atoms with Gasteiger partial charge in [0.1, 0.15) is 6.10 Å². The van der Waals surface area contributed by atoms with Crippen LogP contribution in [-0.2, 0) is 16.0 Å². The lowest BCUT2D eigenvalue weighted by Crippen LogP contribution is -2.28. The smallest absolute Gasteiger partial charge is 0.303 e. The molecule has 1 aromatic rings. The first kappa shape index (κ1) is 15.6. The average Bonchev–Trinajstić information content (AvgIpc) is 2.49. The number of hydrogen-bond acceptors (Lipinski definition) is 4. The van der Waals surface area contributed by atoms with Crippen molar-refractivity contribution in [2.75, 3.05) is 20.3 Å². The second-order valence-corrected chi connectivity index (χ2v) is 5.15. The van der Waals surface area contributed by atoms with E-state index < -0.39 is 5.97 Å². The number of ether oxygens (including phenoxy) is 3. The number of aryl methyl sites for hydroxylation is 1. The minimum Gasteiger partial charge on any atom is -0.493 e. The van der Waals surface area contributed by atoms with Crippen LogP contribution in [0.4, 0.5) is 0 Å². The van der Waals surface area contributed by atoms with Crippen LogP contribution in [0.3, 0.4) is 0 Å². The van der Waals surface area contributed by atoms with E-state index in [0.717, 1.165) is 30.8 Å². The van der Waals surface area contributed by atoms with Gasteiger partial charge in [-0.05, 0) is 37.3 Å². The number of methoxy groups -OCH3 is 1. The van der Waals surface area contributed by atoms with Crippen LogP contribution in [0.1, 0.15) is 31.2 Å². The number of benzene rings is 1. The average molecular weight is 294 g/mol. The summed E-state index contributed by atoms with van der Waals surface area (Å²) < 4.78 is 16.9. The summed E-state index contributed by atoms with van der Waals surface area (Å²) >= 11 is 0. The van der Waals surface area contributed by atoms with Crippen LogP contribution < -0.4 is 9.47 Å². The normalized spacial score (nSPS) is 18.2. The Hall–Kier alpha value is -1.75. The first-order valence-corrected chi connectivity index (χ1v) is 7.32. The number of aliphatic carboxylic acids is 1. The molecule has 0 radical (unpaired) electrons. The van der Waals surface area contributed by atoms with Gasteiger partial charge in [0.15, 0.2) is 11.5 Å². The highest BCUT2D eigenvalue weighted by Crippen LogP contribution is 2.34. The van der Waals surface area contributed by atoms with E-state index in [0.29, 0.717) is 25.2 Å². The third-order valence-electron chi connectivity index (χ3n) is 3.52. The molecular weight excluding hydrogens is 272 g/mol. The molecule has 1 aromatic carbocycles. The van der Waals surface area contributed by atoms with Gasteiger partial charge in [0.05, 0.1) is 13.7 Å². The molecule has 0 amide bonds. The zero-order valence-corrected chi connectivity index (χ0v) is 12.3. The van der Waals surface area contributed by atoms with E-state index in [1.165, 1.54) is 0 Å². The molecule has 5 heteroatoms. The van der Waals surface area contributed by atoms with Crippen LogP contribution in [-0.4, -0.2) is 37.5 Å². The molecule has 1 atom stereocenters. The molecule has 0 aliphatic carbocycles. The SMILES string of the molecule is COc1cccc(CCCC(=O)O)c1OC1CCCOC1. The number of hydrogen-bond donors (Lipinski definition) is 1. The number of rotatable bonds is 7. The van der Waals surface area contributed by atoms with Gasteiger partial charge in [-0.15, -0.1) is 0 Å². The number of carboxylic acids is 1. The Morgan fingerprint density at radius 3 is 3.00 bits per heavy atom. The van der Waals surface area contributed by atoms with Crippen LogP contribution >= 0.6 is 0 Å². The fraction of sp³-hybridized carbons (Fsp3) is 0.562. The molecule has 0 spiro atoms. The molecule has 1 fully saturated rings. The van der Waals surface area contributed by atoms with Gasteiger partial charge < -0.3 is 19.3 Å². The molecule has 1 saturated heterocycles. The maximum atomic E-state index is 10.6. The topological polar surface area (TPSA) is 65.0 Å². The Morgan fingerprint density at radius 1 is 1.48 bits per heavy atom. The van der Waals surface area contributed by atoms with Gasteiger partial charge in [0.2, 0.25) is 0 Å². The highest BCUT2D eigenvalue weighted by molar-refractivity contribution is 5.66. The van der Waals surface area contributed by atoms with Gasteiger partial charge in [-0.1, -0.05) is 12.1 Å². The Labute approximate surface area is 124 Å². The monoisotopic (exact) mass is 294 g/mol. The highest BCUT2D eigenvalue weighted by atomic mass is 16.5. The fourth-order valence-corrected chi connectivity index (χ4v) is 2.45. The number of para-hydroxylation sites is 1. The van der Waals surface area contributed by atoms with Crippen LogP contribution in [0.15, 0.2) is 18.2 Å². The molecule has 0 aromatic heterocycles. The summed E-state index contributed by atoms with van der Waals surface area (Å²) in [7, 11) is 1.61. The molecule has 1 aliphatic rings. The van der Waals surface area contributed by atoms with Crippen molar-refractivity contribution in [3.63, 3.8) is 0 Å². The van der Waals surface area contributed by atoms with Crippen LogP contribution in [0.25, 0.3) is 0 Å². The summed E-state index contributed by atoms with van der Waals surface area (Å²) in [5, 5.41) is 8.75. The van der Waals surface area contributed by atoms with Crippen molar-refractivity contribution in [1.82, 2.24) is 0 Å². The molecule has 1 aliphatic heterocycles. The van der Waals surface area contributed by atoms with Gasteiger partial charge in [0.25, 0.3) is 0 Å². The summed E-state index contributed by atoms with van der Waals surface area (Å²) in [6, 6.07) is 5.72. The van der Waals surface area contributed by atoms with Crippen molar-refractivity contribution >= 4 is 5.97 Å². The summed E-state index contributed by atoms with van der Waals surface area (Å²) in [5.74, 6) is 0.635. The molecule has 2 rings (SSSR count). The molecule has 5 nitrogen and oxygen atoms in total. The molecule has 1 heterocycles. The Kier molecular flexibility index (Phi) is 5.87. The van der Waals surface area contributed by atoms with Crippen molar-refractivity contribution < 1.29 is 24.1 Å². The zero-order valence-electron chi connectivity index (χ0n) is 12.3. The summed E-state index contributed by atoms with van der Waals surface area (Å²) in [6.07, 6.45) is 3.39. The minimum absolute atomic E-state index is 0.0354. The van der Waals surface area contributed by atoms with Gasteiger partial charge >= 0.3 is 5.97 Å². The van der Waals surface area contributed by atoms with Gasteiger partial charge in [0, 0.05) is 13.0 Å².